The summed E-state index contributed by atoms with van der Waals surface area (Å²) in [5, 5.41) is 0. The molecule has 2 aromatic heterocycles. The van der Waals surface area contributed by atoms with Crippen LogP contribution in [-0.4, -0.2) is 16.3 Å². The van der Waals surface area contributed by atoms with Crippen molar-refractivity contribution in [1.82, 2.24) is 9.97 Å². The Bertz CT molecular complexity index is 722. The van der Waals surface area contributed by atoms with Crippen LogP contribution in [0.15, 0.2) is 41.1 Å². The molecule has 0 bridgehead atoms. The molecule has 0 N–H and O–H groups in total. The zero-order valence-electron chi connectivity index (χ0n) is 18.7. The Labute approximate surface area is 182 Å². The van der Waals surface area contributed by atoms with Crippen molar-refractivity contribution in [1.29, 1.82) is 0 Å². The minimum absolute atomic E-state index is 0.690. The second-order valence-corrected chi connectivity index (χ2v) is 8.00. The van der Waals surface area contributed by atoms with Crippen LogP contribution < -0.4 is 0 Å². The number of rotatable bonds is 17. The molecule has 0 amide bonds. The highest BCUT2D eigenvalue weighted by molar-refractivity contribution is 5.61. The van der Waals surface area contributed by atoms with Crippen LogP contribution in [0.25, 0.3) is 17.0 Å². The van der Waals surface area contributed by atoms with Gasteiger partial charge < -0.3 is 9.21 Å². The van der Waals surface area contributed by atoms with Gasteiger partial charge in [-0.05, 0) is 44.2 Å². The second-order valence-electron chi connectivity index (χ2n) is 8.00. The van der Waals surface area contributed by atoms with Gasteiger partial charge in [-0.2, -0.15) is 0 Å². The van der Waals surface area contributed by atoms with Gasteiger partial charge in [-0.25, -0.2) is 4.98 Å². The Morgan fingerprint density at radius 1 is 0.900 bits per heavy atom. The van der Waals surface area contributed by atoms with Gasteiger partial charge in [-0.3, -0.25) is 4.98 Å². The fourth-order valence-electron chi connectivity index (χ4n) is 3.62. The van der Waals surface area contributed by atoms with Crippen molar-refractivity contribution in [3.05, 3.63) is 42.6 Å². The van der Waals surface area contributed by atoms with Crippen molar-refractivity contribution in [2.75, 3.05) is 0 Å². The first-order valence-corrected chi connectivity index (χ1v) is 11.9. The number of unbranched alkanes of at least 4 members (excludes halogenated alkanes) is 11. The Kier molecular flexibility index (Phi) is 12.5. The maximum Gasteiger partial charge on any atom is 0.222 e. The van der Waals surface area contributed by atoms with Crippen LogP contribution in [0.4, 0.5) is 0 Å². The summed E-state index contributed by atoms with van der Waals surface area (Å²) in [4.78, 5) is 19.3. The van der Waals surface area contributed by atoms with E-state index in [1.165, 1.54) is 56.9 Å². The first-order valence-electron chi connectivity index (χ1n) is 11.9. The average molecular weight is 411 g/mol. The second kappa shape index (κ2) is 15.6. The molecule has 0 aliphatic heterocycles. The molecule has 0 radical (unpaired) electrons. The number of hydrogen-bond donors (Lipinski definition) is 0. The van der Waals surface area contributed by atoms with Crippen LogP contribution in [0.1, 0.15) is 103 Å². The lowest BCUT2D eigenvalue weighted by Crippen LogP contribution is -1.88. The zero-order valence-corrected chi connectivity index (χ0v) is 18.7. The van der Waals surface area contributed by atoms with Gasteiger partial charge in [0.1, 0.15) is 12.0 Å². The van der Waals surface area contributed by atoms with E-state index in [4.69, 9.17) is 4.42 Å². The molecule has 0 saturated heterocycles. The van der Waals surface area contributed by atoms with Crippen LogP contribution in [0.3, 0.4) is 0 Å². The first kappa shape index (κ1) is 24.0. The summed E-state index contributed by atoms with van der Waals surface area (Å²) in [7, 11) is 0. The van der Waals surface area contributed by atoms with Gasteiger partial charge in [0.05, 0.1) is 6.20 Å². The van der Waals surface area contributed by atoms with Crippen LogP contribution >= 0.6 is 0 Å². The van der Waals surface area contributed by atoms with Gasteiger partial charge in [-0.15, -0.1) is 0 Å². The maximum atomic E-state index is 10.4. The van der Waals surface area contributed by atoms with Gasteiger partial charge in [0.15, 0.2) is 5.76 Å². The number of nitrogens with zero attached hydrogens (tertiary/aromatic N) is 2. The third-order valence-electron chi connectivity index (χ3n) is 5.41. The number of aromatic nitrogens is 2. The first-order chi connectivity index (χ1) is 14.8. The van der Waals surface area contributed by atoms with Crippen molar-refractivity contribution in [2.24, 2.45) is 0 Å². The number of aldehydes is 1. The van der Waals surface area contributed by atoms with Crippen LogP contribution in [-0.2, 0) is 4.79 Å². The van der Waals surface area contributed by atoms with E-state index < -0.39 is 0 Å². The number of carbonyl (C=O) groups excluding carboxylic acids is 1. The quantitative estimate of drug-likeness (QED) is 0.197. The standard InChI is InChI=1S/C26H38N2O2/c1-2-3-4-5-6-9-12-17-23(18-13-10-7-8-11-16-21-29)26-28-22-25(30-26)24-19-14-15-20-27-24/h14-15,17,19-22H,2-13,16,18H2,1H3. The molecule has 4 nitrogen and oxygen atoms in total. The monoisotopic (exact) mass is 410 g/mol. The van der Waals surface area contributed by atoms with Gasteiger partial charge >= 0.3 is 0 Å². The highest BCUT2D eigenvalue weighted by atomic mass is 16.4. The molecule has 0 atom stereocenters. The molecule has 30 heavy (non-hydrogen) atoms. The van der Waals surface area contributed by atoms with E-state index in [1.54, 1.807) is 12.4 Å². The molecule has 0 aromatic carbocycles. The lowest BCUT2D eigenvalue weighted by molar-refractivity contribution is -0.107. The van der Waals surface area contributed by atoms with Gasteiger partial charge in [0, 0.05) is 18.2 Å². The van der Waals surface area contributed by atoms with E-state index in [1.807, 2.05) is 18.2 Å². The maximum absolute atomic E-state index is 10.4. The van der Waals surface area contributed by atoms with Gasteiger partial charge in [0.25, 0.3) is 0 Å². The van der Waals surface area contributed by atoms with E-state index >= 15 is 0 Å². The molecule has 4 heteroatoms. The van der Waals surface area contributed by atoms with Crippen molar-refractivity contribution < 1.29 is 9.21 Å². The molecule has 2 heterocycles. The Morgan fingerprint density at radius 3 is 2.37 bits per heavy atom. The Hall–Kier alpha value is -2.23. The molecule has 2 rings (SSSR count). The topological polar surface area (TPSA) is 56.0 Å². The zero-order chi connectivity index (χ0) is 21.3. The lowest BCUT2D eigenvalue weighted by atomic mass is 10.0. The van der Waals surface area contributed by atoms with Gasteiger partial charge in [0.2, 0.25) is 5.89 Å². The summed E-state index contributed by atoms with van der Waals surface area (Å²) in [5.74, 6) is 1.47. The number of oxazole rings is 1. The fraction of sp³-hybridized carbons (Fsp3) is 0.577. The largest absolute Gasteiger partial charge is 0.435 e. The van der Waals surface area contributed by atoms with E-state index in [9.17, 15) is 4.79 Å². The number of allylic oxidation sites excluding steroid dienone is 2. The minimum atomic E-state index is 0.690. The highest BCUT2D eigenvalue weighted by Gasteiger charge is 2.11. The summed E-state index contributed by atoms with van der Waals surface area (Å²) in [5.41, 5.74) is 2.04. The summed E-state index contributed by atoms with van der Waals surface area (Å²) in [6.07, 6.45) is 23.2. The van der Waals surface area contributed by atoms with Crippen molar-refractivity contribution in [3.8, 4) is 11.5 Å². The molecule has 2 aromatic rings. The Morgan fingerprint density at radius 2 is 1.63 bits per heavy atom. The average Bonchev–Trinajstić information content (AvgIpc) is 3.27. The van der Waals surface area contributed by atoms with E-state index in [-0.39, 0.29) is 0 Å². The number of carbonyl (C=O) groups is 1. The van der Waals surface area contributed by atoms with Crippen LogP contribution in [0, 0.1) is 0 Å². The minimum Gasteiger partial charge on any atom is -0.435 e. The molecule has 164 valence electrons. The normalized spacial score (nSPS) is 11.7. The summed E-state index contributed by atoms with van der Waals surface area (Å²) < 4.78 is 6.07. The third-order valence-corrected chi connectivity index (χ3v) is 5.41. The molecule has 0 aliphatic carbocycles. The molecule has 0 aliphatic rings. The molecular formula is C26H38N2O2. The Balaban J connectivity index is 1.89. The molecule has 0 unspecified atom stereocenters. The van der Waals surface area contributed by atoms with Crippen molar-refractivity contribution in [2.45, 2.75) is 96.8 Å². The predicted octanol–water partition coefficient (Wildman–Crippen LogP) is 7.80. The summed E-state index contributed by atoms with van der Waals surface area (Å²) in [6.45, 7) is 2.26. The molecule has 0 fully saturated rings. The van der Waals surface area contributed by atoms with Gasteiger partial charge in [-0.1, -0.05) is 70.4 Å². The summed E-state index contributed by atoms with van der Waals surface area (Å²) >= 11 is 0. The highest BCUT2D eigenvalue weighted by Crippen LogP contribution is 2.26. The van der Waals surface area contributed by atoms with Crippen molar-refractivity contribution in [3.63, 3.8) is 0 Å². The number of pyridine rings is 1. The van der Waals surface area contributed by atoms with E-state index in [2.05, 4.69) is 23.0 Å². The predicted molar refractivity (Wildman–Crippen MR) is 124 cm³/mol. The van der Waals surface area contributed by atoms with Crippen LogP contribution in [0.5, 0.6) is 0 Å². The number of hydrogen-bond acceptors (Lipinski definition) is 4. The van der Waals surface area contributed by atoms with Crippen molar-refractivity contribution >= 4 is 11.9 Å². The summed E-state index contributed by atoms with van der Waals surface area (Å²) in [6, 6.07) is 5.81. The van der Waals surface area contributed by atoms with Crippen LogP contribution in [0.2, 0.25) is 0 Å². The van der Waals surface area contributed by atoms with E-state index in [0.717, 1.165) is 55.7 Å². The lowest BCUT2D eigenvalue weighted by Gasteiger charge is -2.05. The SMILES string of the molecule is CCCCCCCCC=C(CCCCCCCC=O)c1ncc(-c2ccccn2)o1. The molecular weight excluding hydrogens is 372 g/mol. The molecule has 0 saturated carbocycles. The smallest absolute Gasteiger partial charge is 0.222 e. The van der Waals surface area contributed by atoms with E-state index in [0.29, 0.717) is 6.42 Å². The molecule has 0 spiro atoms. The third kappa shape index (κ3) is 9.51. The fourth-order valence-corrected chi connectivity index (χ4v) is 3.62.